The number of carbonyl (C=O) groups is 1. The molecule has 3 fully saturated rings. The lowest BCUT2D eigenvalue weighted by Crippen LogP contribution is -2.58. The van der Waals surface area contributed by atoms with E-state index in [0.717, 1.165) is 49.9 Å². The summed E-state index contributed by atoms with van der Waals surface area (Å²) in [5.41, 5.74) is 0.336. The molecule has 1 aromatic carbocycles. The van der Waals surface area contributed by atoms with Crippen molar-refractivity contribution in [2.75, 3.05) is 39.5 Å². The molecule has 0 unspecified atom stereocenters. The number of hydrogen-bond donors (Lipinski definition) is 2. The number of ether oxygens (including phenoxy) is 3. The van der Waals surface area contributed by atoms with Crippen LogP contribution in [-0.4, -0.2) is 111 Å². The number of amides is 1. The van der Waals surface area contributed by atoms with Crippen LogP contribution in [-0.2, 0) is 23.8 Å². The van der Waals surface area contributed by atoms with Crippen LogP contribution in [0.2, 0.25) is 0 Å². The second kappa shape index (κ2) is 13.1. The van der Waals surface area contributed by atoms with Crippen molar-refractivity contribution in [3.05, 3.63) is 35.8 Å². The molecule has 1 spiro atoms. The number of aliphatic hydroxyl groups is 2. The third kappa shape index (κ3) is 6.33. The van der Waals surface area contributed by atoms with E-state index in [1.54, 1.807) is 4.90 Å². The van der Waals surface area contributed by atoms with Gasteiger partial charge in [-0.3, -0.25) is 4.79 Å². The third-order valence-corrected chi connectivity index (χ3v) is 8.92. The number of aromatic nitrogens is 3. The first kappa shape index (κ1) is 30.9. The van der Waals surface area contributed by atoms with Gasteiger partial charge in [-0.25, -0.2) is 17.9 Å². The van der Waals surface area contributed by atoms with Crippen LogP contribution in [0.5, 0.6) is 0 Å². The average Bonchev–Trinajstić information content (AvgIpc) is 3.67. The summed E-state index contributed by atoms with van der Waals surface area (Å²) in [6.45, 7) is 0.789. The van der Waals surface area contributed by atoms with Gasteiger partial charge in [-0.15, -0.1) is 5.10 Å². The summed E-state index contributed by atoms with van der Waals surface area (Å²) in [4.78, 5) is 20.6. The molecule has 12 nitrogen and oxygen atoms in total. The Hall–Kier alpha value is -3.11. The third-order valence-electron chi connectivity index (χ3n) is 8.92. The molecule has 3 aliphatic heterocycles. The highest BCUT2D eigenvalue weighted by Crippen LogP contribution is 2.41. The van der Waals surface area contributed by atoms with Crippen molar-refractivity contribution in [2.45, 2.75) is 81.0 Å². The number of aliphatic hydroxyl groups excluding tert-OH is 2. The first-order valence-corrected chi connectivity index (χ1v) is 15.0. The van der Waals surface area contributed by atoms with Gasteiger partial charge < -0.3 is 34.2 Å². The molecular formula is C29H36F3N5O7. The number of carbonyl (C=O) groups excluding carboxylic acids is 1. The Kier molecular flexibility index (Phi) is 9.19. The summed E-state index contributed by atoms with van der Waals surface area (Å²) < 4.78 is 60.5. The Bertz CT molecular complexity index is 1340. The molecule has 1 aliphatic carbocycles. The van der Waals surface area contributed by atoms with E-state index in [0.29, 0.717) is 32.7 Å². The van der Waals surface area contributed by atoms with Crippen molar-refractivity contribution in [3.8, 4) is 11.3 Å². The van der Waals surface area contributed by atoms with Gasteiger partial charge in [0, 0.05) is 31.5 Å². The molecule has 15 heteroatoms. The van der Waals surface area contributed by atoms with E-state index in [1.807, 2.05) is 0 Å². The summed E-state index contributed by atoms with van der Waals surface area (Å²) in [6.07, 6.45) is 3.03. The predicted octanol–water partition coefficient (Wildman–Crippen LogP) is 2.14. The quantitative estimate of drug-likeness (QED) is 0.423. The highest BCUT2D eigenvalue weighted by molar-refractivity contribution is 5.86. The fourth-order valence-electron chi connectivity index (χ4n) is 6.58. The zero-order valence-electron chi connectivity index (χ0n) is 24.1. The van der Waals surface area contributed by atoms with E-state index in [9.17, 15) is 28.2 Å². The summed E-state index contributed by atoms with van der Waals surface area (Å²) in [7, 11) is 0. The normalized spacial score (nSPS) is 28.6. The first-order chi connectivity index (χ1) is 21.3. The molecule has 1 saturated carbocycles. The monoisotopic (exact) mass is 623 g/mol. The predicted molar refractivity (Wildman–Crippen MR) is 147 cm³/mol. The topological polar surface area (TPSA) is 141 Å². The van der Waals surface area contributed by atoms with Gasteiger partial charge in [0.2, 0.25) is 5.91 Å². The molecule has 4 aliphatic rings. The van der Waals surface area contributed by atoms with Gasteiger partial charge in [0.1, 0.15) is 42.3 Å². The van der Waals surface area contributed by atoms with E-state index >= 15 is 0 Å². The van der Waals surface area contributed by atoms with Crippen LogP contribution in [0.1, 0.15) is 51.0 Å². The molecule has 0 radical (unpaired) electrons. The zero-order valence-corrected chi connectivity index (χ0v) is 24.1. The fraction of sp³-hybridized carbons (Fsp3) is 0.655. The maximum atomic E-state index is 14.0. The average molecular weight is 624 g/mol. The van der Waals surface area contributed by atoms with Gasteiger partial charge in [-0.2, -0.15) is 0 Å². The van der Waals surface area contributed by atoms with Crippen LogP contribution in [0.25, 0.3) is 11.3 Å². The van der Waals surface area contributed by atoms with Crippen LogP contribution in [0.4, 0.5) is 13.2 Å². The summed E-state index contributed by atoms with van der Waals surface area (Å²) in [5, 5.41) is 34.0. The van der Waals surface area contributed by atoms with Crippen molar-refractivity contribution in [1.82, 2.24) is 19.9 Å². The Morgan fingerprint density at radius 2 is 1.82 bits per heavy atom. The molecule has 2 aromatic rings. The number of benzene rings is 1. The van der Waals surface area contributed by atoms with Crippen molar-refractivity contribution in [2.24, 2.45) is 5.16 Å². The zero-order chi connectivity index (χ0) is 30.8. The van der Waals surface area contributed by atoms with E-state index in [4.69, 9.17) is 19.0 Å². The highest BCUT2D eigenvalue weighted by atomic mass is 19.2. The fourth-order valence-corrected chi connectivity index (χ4v) is 6.58. The van der Waals surface area contributed by atoms with E-state index in [-0.39, 0.29) is 35.8 Å². The Morgan fingerprint density at radius 3 is 2.52 bits per heavy atom. The number of halogens is 3. The van der Waals surface area contributed by atoms with Gasteiger partial charge >= 0.3 is 0 Å². The minimum absolute atomic E-state index is 0.00883. The molecule has 2 N–H and O–H groups in total. The molecule has 1 aromatic heterocycles. The molecule has 44 heavy (non-hydrogen) atoms. The molecule has 5 atom stereocenters. The van der Waals surface area contributed by atoms with Gasteiger partial charge in [0.25, 0.3) is 0 Å². The maximum Gasteiger partial charge on any atom is 0.248 e. The minimum atomic E-state index is -1.61. The number of morpholine rings is 1. The summed E-state index contributed by atoms with van der Waals surface area (Å²) >= 11 is 0. The lowest BCUT2D eigenvalue weighted by molar-refractivity contribution is -0.217. The standard InChI is InChI=1S/C29H36F3N5O7/c30-19-10-17(11-20(31)25(19)32)21-14-37(35-33-21)26-27(40)23(15-38)43-22(12-18-13-29(44-34-18)4-2-1-3-5-29)28(26)42-16-24(39)36-6-8-41-9-7-36/h10-11,14,22-23,26-28,38,40H,1-9,12-13,15-16H2/t22-,23-,26+,27+,28+/m1/s1. The Labute approximate surface area is 251 Å². The maximum absolute atomic E-state index is 14.0. The first-order valence-electron chi connectivity index (χ1n) is 15.0. The minimum Gasteiger partial charge on any atom is -0.394 e. The van der Waals surface area contributed by atoms with Crippen LogP contribution in [0.3, 0.4) is 0 Å². The second-order valence-corrected chi connectivity index (χ2v) is 11.9. The molecule has 0 bridgehead atoms. The van der Waals surface area contributed by atoms with E-state index in [2.05, 4.69) is 15.5 Å². The number of nitrogens with zero attached hydrogens (tertiary/aromatic N) is 5. The van der Waals surface area contributed by atoms with Crippen molar-refractivity contribution in [1.29, 1.82) is 0 Å². The molecule has 1 amide bonds. The van der Waals surface area contributed by atoms with Gasteiger partial charge in [-0.05, 0) is 37.8 Å². The number of oxime groups is 1. The van der Waals surface area contributed by atoms with E-state index < -0.39 is 54.5 Å². The summed E-state index contributed by atoms with van der Waals surface area (Å²) in [6, 6.07) is 0.549. The lowest BCUT2D eigenvalue weighted by atomic mass is 9.80. The van der Waals surface area contributed by atoms with Crippen molar-refractivity contribution < 1.29 is 47.2 Å². The number of hydrogen-bond acceptors (Lipinski definition) is 10. The van der Waals surface area contributed by atoms with Crippen LogP contribution >= 0.6 is 0 Å². The van der Waals surface area contributed by atoms with Gasteiger partial charge in [0.15, 0.2) is 17.5 Å². The molecule has 6 rings (SSSR count). The Morgan fingerprint density at radius 1 is 1.09 bits per heavy atom. The summed E-state index contributed by atoms with van der Waals surface area (Å²) in [5.74, 6) is -4.66. The molecule has 2 saturated heterocycles. The van der Waals surface area contributed by atoms with Crippen molar-refractivity contribution in [3.63, 3.8) is 0 Å². The van der Waals surface area contributed by atoms with Gasteiger partial charge in [0.05, 0.1) is 37.8 Å². The SMILES string of the molecule is O=C(CO[C@@H]1[C@@H](n2cc(-c3cc(F)c(F)c(F)c3)nn2)[C@@H](O)[C@@H](CO)O[C@@H]1CC1=NOC2(CCCCC2)C1)N1CCOCC1. The van der Waals surface area contributed by atoms with Crippen LogP contribution in [0, 0.1) is 17.5 Å². The molecule has 4 heterocycles. The molecule has 240 valence electrons. The Balaban J connectivity index is 1.28. The largest absolute Gasteiger partial charge is 0.394 e. The molecular weight excluding hydrogens is 587 g/mol. The smallest absolute Gasteiger partial charge is 0.248 e. The van der Waals surface area contributed by atoms with Gasteiger partial charge in [-0.1, -0.05) is 16.8 Å². The van der Waals surface area contributed by atoms with Crippen LogP contribution < -0.4 is 0 Å². The second-order valence-electron chi connectivity index (χ2n) is 11.9. The van der Waals surface area contributed by atoms with Crippen LogP contribution in [0.15, 0.2) is 23.5 Å². The number of rotatable bonds is 8. The highest BCUT2D eigenvalue weighted by Gasteiger charge is 2.49. The lowest BCUT2D eigenvalue weighted by Gasteiger charge is -2.44. The van der Waals surface area contributed by atoms with E-state index in [1.165, 1.54) is 10.9 Å². The van der Waals surface area contributed by atoms with Crippen molar-refractivity contribution >= 4 is 11.6 Å².